The third-order valence-corrected chi connectivity index (χ3v) is 6.23. The molecule has 0 fully saturated rings. The number of anilines is 2. The SMILES string of the molecule is CCS(=O)(=O)c1cc(C(=O)O)cc(N(c2ccccc2)S(C)(=O)=O)c1. The second-order valence-corrected chi connectivity index (χ2v) is 9.40. The molecule has 2 rings (SSSR count). The van der Waals surface area contributed by atoms with Crippen LogP contribution in [0.4, 0.5) is 11.4 Å². The predicted octanol–water partition coefficient (Wildman–Crippen LogP) is 2.28. The van der Waals surface area contributed by atoms with Crippen molar-refractivity contribution in [1.82, 2.24) is 0 Å². The first-order valence-electron chi connectivity index (χ1n) is 7.23. The maximum absolute atomic E-state index is 12.3. The average molecular weight is 383 g/mol. The molecule has 0 aromatic heterocycles. The predicted molar refractivity (Wildman–Crippen MR) is 94.6 cm³/mol. The van der Waals surface area contributed by atoms with E-state index in [-0.39, 0.29) is 27.6 Å². The summed E-state index contributed by atoms with van der Waals surface area (Å²) in [6.45, 7) is 1.42. The van der Waals surface area contributed by atoms with Crippen LogP contribution in [0.3, 0.4) is 0 Å². The van der Waals surface area contributed by atoms with Crippen LogP contribution < -0.4 is 4.31 Å². The number of aromatic carboxylic acids is 1. The largest absolute Gasteiger partial charge is 0.478 e. The number of carbonyl (C=O) groups is 1. The minimum Gasteiger partial charge on any atom is -0.478 e. The summed E-state index contributed by atoms with van der Waals surface area (Å²) < 4.78 is 49.8. The molecule has 0 heterocycles. The van der Waals surface area contributed by atoms with Gasteiger partial charge in [-0.25, -0.2) is 25.9 Å². The fourth-order valence-corrected chi connectivity index (χ4v) is 4.20. The lowest BCUT2D eigenvalue weighted by atomic mass is 10.2. The zero-order valence-electron chi connectivity index (χ0n) is 13.6. The summed E-state index contributed by atoms with van der Waals surface area (Å²) in [4.78, 5) is 11.1. The molecule has 7 nitrogen and oxygen atoms in total. The molecule has 0 saturated carbocycles. The molecule has 25 heavy (non-hydrogen) atoms. The molecule has 0 bridgehead atoms. The zero-order valence-corrected chi connectivity index (χ0v) is 15.2. The molecule has 0 atom stereocenters. The maximum Gasteiger partial charge on any atom is 0.335 e. The highest BCUT2D eigenvalue weighted by atomic mass is 32.2. The lowest BCUT2D eigenvalue weighted by Gasteiger charge is -2.23. The third-order valence-electron chi connectivity index (χ3n) is 3.43. The number of para-hydroxylation sites is 1. The number of carboxylic acid groups (broad SMARTS) is 1. The van der Waals surface area contributed by atoms with Crippen molar-refractivity contribution >= 4 is 37.2 Å². The minimum absolute atomic E-state index is 0.0550. The Hall–Kier alpha value is -2.39. The molecule has 0 unspecified atom stereocenters. The van der Waals surface area contributed by atoms with Crippen LogP contribution >= 0.6 is 0 Å². The second-order valence-electron chi connectivity index (χ2n) is 5.29. The highest BCUT2D eigenvalue weighted by Gasteiger charge is 2.24. The lowest BCUT2D eigenvalue weighted by molar-refractivity contribution is 0.0696. The molecule has 9 heteroatoms. The quantitative estimate of drug-likeness (QED) is 0.820. The fraction of sp³-hybridized carbons (Fsp3) is 0.188. The van der Waals surface area contributed by atoms with Gasteiger partial charge in [-0.05, 0) is 30.3 Å². The Morgan fingerprint density at radius 1 is 1.00 bits per heavy atom. The Balaban J connectivity index is 2.80. The van der Waals surface area contributed by atoms with E-state index in [1.807, 2.05) is 0 Å². The first-order valence-corrected chi connectivity index (χ1v) is 10.7. The lowest BCUT2D eigenvalue weighted by Crippen LogP contribution is -2.25. The van der Waals surface area contributed by atoms with Gasteiger partial charge in [0.05, 0.1) is 33.8 Å². The highest BCUT2D eigenvalue weighted by Crippen LogP contribution is 2.31. The van der Waals surface area contributed by atoms with Crippen LogP contribution in [-0.4, -0.2) is 39.9 Å². The van der Waals surface area contributed by atoms with Crippen LogP contribution in [-0.2, 0) is 19.9 Å². The van der Waals surface area contributed by atoms with Crippen molar-refractivity contribution < 1.29 is 26.7 Å². The molecule has 2 aromatic rings. The van der Waals surface area contributed by atoms with E-state index in [0.29, 0.717) is 0 Å². The molecule has 0 aliphatic heterocycles. The van der Waals surface area contributed by atoms with Crippen LogP contribution in [0.2, 0.25) is 0 Å². The fourth-order valence-electron chi connectivity index (χ4n) is 2.27. The maximum atomic E-state index is 12.3. The van der Waals surface area contributed by atoms with Gasteiger partial charge in [0.1, 0.15) is 0 Å². The van der Waals surface area contributed by atoms with Gasteiger partial charge in [-0.3, -0.25) is 0 Å². The molecule has 0 amide bonds. The minimum atomic E-state index is -3.84. The van der Waals surface area contributed by atoms with E-state index in [0.717, 1.165) is 22.7 Å². The number of nitrogens with zero attached hydrogens (tertiary/aromatic N) is 1. The van der Waals surface area contributed by atoms with Crippen molar-refractivity contribution in [2.24, 2.45) is 0 Å². The Kier molecular flexibility index (Phi) is 5.19. The van der Waals surface area contributed by atoms with E-state index < -0.39 is 25.8 Å². The number of hydrogen-bond acceptors (Lipinski definition) is 5. The van der Waals surface area contributed by atoms with Gasteiger partial charge in [0.25, 0.3) is 0 Å². The van der Waals surface area contributed by atoms with E-state index in [9.17, 15) is 26.7 Å². The highest BCUT2D eigenvalue weighted by molar-refractivity contribution is 7.92. The molecular formula is C16H17NO6S2. The molecule has 0 spiro atoms. The van der Waals surface area contributed by atoms with Crippen molar-refractivity contribution in [3.8, 4) is 0 Å². The standard InChI is InChI=1S/C16H17NO6S2/c1-3-25(22,23)15-10-12(16(18)19)9-14(11-15)17(24(2,20)21)13-7-5-4-6-8-13/h4-11H,3H2,1-2H3,(H,18,19). The van der Waals surface area contributed by atoms with Crippen molar-refractivity contribution in [3.63, 3.8) is 0 Å². The third kappa shape index (κ3) is 4.18. The molecule has 0 saturated heterocycles. The van der Waals surface area contributed by atoms with Crippen molar-refractivity contribution in [1.29, 1.82) is 0 Å². The number of carboxylic acids is 1. The van der Waals surface area contributed by atoms with Crippen molar-refractivity contribution in [2.45, 2.75) is 11.8 Å². The summed E-state index contributed by atoms with van der Waals surface area (Å²) in [7, 11) is -7.56. The van der Waals surface area contributed by atoms with Gasteiger partial charge in [-0.2, -0.15) is 0 Å². The molecule has 0 aliphatic rings. The molecule has 2 aromatic carbocycles. The van der Waals surface area contributed by atoms with Gasteiger partial charge in [0, 0.05) is 0 Å². The van der Waals surface area contributed by atoms with Crippen LogP contribution in [0.15, 0.2) is 53.4 Å². The first-order chi connectivity index (χ1) is 11.6. The van der Waals surface area contributed by atoms with Crippen molar-refractivity contribution in [3.05, 3.63) is 54.1 Å². The zero-order chi connectivity index (χ0) is 18.8. The van der Waals surface area contributed by atoms with Gasteiger partial charge in [0.2, 0.25) is 10.0 Å². The van der Waals surface area contributed by atoms with E-state index in [4.69, 9.17) is 0 Å². The second kappa shape index (κ2) is 6.85. The summed E-state index contributed by atoms with van der Waals surface area (Å²) in [6, 6.07) is 11.3. The van der Waals surface area contributed by atoms with Gasteiger partial charge < -0.3 is 5.11 Å². The summed E-state index contributed by atoms with van der Waals surface area (Å²) in [6.07, 6.45) is 0.960. The van der Waals surface area contributed by atoms with Gasteiger partial charge >= 0.3 is 5.97 Å². The molecular weight excluding hydrogens is 366 g/mol. The Bertz CT molecular complexity index is 998. The van der Waals surface area contributed by atoms with E-state index >= 15 is 0 Å². The van der Waals surface area contributed by atoms with E-state index in [1.54, 1.807) is 18.2 Å². The number of sulfonamides is 1. The van der Waals surface area contributed by atoms with Gasteiger partial charge in [-0.15, -0.1) is 0 Å². The molecule has 134 valence electrons. The summed E-state index contributed by atoms with van der Waals surface area (Å²) >= 11 is 0. The number of hydrogen-bond donors (Lipinski definition) is 1. The summed E-state index contributed by atoms with van der Waals surface area (Å²) in [5.41, 5.74) is -0.0953. The van der Waals surface area contributed by atoms with Crippen LogP contribution in [0.25, 0.3) is 0 Å². The molecule has 0 aliphatic carbocycles. The van der Waals surface area contributed by atoms with Crippen LogP contribution in [0.1, 0.15) is 17.3 Å². The number of rotatable bonds is 6. The van der Waals surface area contributed by atoms with E-state index in [1.165, 1.54) is 25.1 Å². The molecule has 0 radical (unpaired) electrons. The topological polar surface area (TPSA) is 109 Å². The average Bonchev–Trinajstić information content (AvgIpc) is 2.54. The normalized spacial score (nSPS) is 11.9. The number of benzene rings is 2. The smallest absolute Gasteiger partial charge is 0.335 e. The van der Waals surface area contributed by atoms with E-state index in [2.05, 4.69) is 0 Å². The summed E-state index contributed by atoms with van der Waals surface area (Å²) in [5.74, 6) is -1.59. The Morgan fingerprint density at radius 3 is 2.08 bits per heavy atom. The first kappa shape index (κ1) is 18.9. The van der Waals surface area contributed by atoms with Crippen LogP contribution in [0.5, 0.6) is 0 Å². The molecule has 1 N–H and O–H groups in total. The number of sulfone groups is 1. The Morgan fingerprint density at radius 2 is 1.60 bits per heavy atom. The van der Waals surface area contributed by atoms with Crippen LogP contribution in [0, 0.1) is 0 Å². The Labute approximate surface area is 146 Å². The monoisotopic (exact) mass is 383 g/mol. The summed E-state index contributed by atoms with van der Waals surface area (Å²) in [5, 5.41) is 9.26. The van der Waals surface area contributed by atoms with Gasteiger partial charge in [0.15, 0.2) is 9.84 Å². The van der Waals surface area contributed by atoms with Crippen molar-refractivity contribution in [2.75, 3.05) is 16.3 Å². The van der Waals surface area contributed by atoms with Gasteiger partial charge in [-0.1, -0.05) is 25.1 Å².